The molecule has 0 N–H and O–H groups in total. The lowest BCUT2D eigenvalue weighted by Gasteiger charge is -2.39. The minimum Gasteiger partial charge on any atom is -0.457 e. The van der Waals surface area contributed by atoms with Gasteiger partial charge in [-0.05, 0) is 83.4 Å². The van der Waals surface area contributed by atoms with Gasteiger partial charge in [-0.1, -0.05) is 146 Å². The molecule has 0 saturated heterocycles. The van der Waals surface area contributed by atoms with Gasteiger partial charge >= 0.3 is 0 Å². The zero-order chi connectivity index (χ0) is 42.3. The summed E-state index contributed by atoms with van der Waals surface area (Å²) in [6.45, 7) is 5.72. The van der Waals surface area contributed by atoms with Crippen LogP contribution in [0.3, 0.4) is 0 Å². The molecule has 0 fully saturated rings. The smallest absolute Gasteiger partial charge is 0.164 e. The summed E-state index contributed by atoms with van der Waals surface area (Å²) in [7, 11) is 0. The average Bonchev–Trinajstić information content (AvgIpc) is 3.64. The second-order valence-electron chi connectivity index (χ2n) is 15.5. The average molecular weight is 811 g/mol. The van der Waals surface area contributed by atoms with E-state index in [2.05, 4.69) is 114 Å². The van der Waals surface area contributed by atoms with Crippen LogP contribution in [0.15, 0.2) is 206 Å². The van der Waals surface area contributed by atoms with Crippen LogP contribution in [0.5, 0.6) is 11.5 Å². The first kappa shape index (κ1) is 37.6. The lowest BCUT2D eigenvalue weighted by atomic mass is 9.66. The van der Waals surface area contributed by atoms with Gasteiger partial charge in [-0.2, -0.15) is 0 Å². The molecule has 0 radical (unpaired) electrons. The van der Waals surface area contributed by atoms with Gasteiger partial charge in [0, 0.05) is 57.5 Å². The highest BCUT2D eigenvalue weighted by molar-refractivity contribution is 5.90. The molecule has 6 aromatic carbocycles. The van der Waals surface area contributed by atoms with Crippen molar-refractivity contribution >= 4 is 12.3 Å². The molecule has 0 unspecified atom stereocenters. The summed E-state index contributed by atoms with van der Waals surface area (Å²) < 4.78 is 7.18. The summed E-state index contributed by atoms with van der Waals surface area (Å²) >= 11 is 0. The van der Waals surface area contributed by atoms with Crippen molar-refractivity contribution in [3.05, 3.63) is 229 Å². The van der Waals surface area contributed by atoms with Gasteiger partial charge in [-0.3, -0.25) is 9.98 Å². The highest BCUT2D eigenvalue weighted by Crippen LogP contribution is 2.62. The molecule has 0 atom stereocenters. The topological polar surface area (TPSA) is 86.0 Å². The molecule has 4 heterocycles. The number of nitrogens with zero attached hydrogens (tertiary/aromatic N) is 6. The van der Waals surface area contributed by atoms with E-state index >= 15 is 0 Å². The first-order chi connectivity index (χ1) is 31.1. The third-order valence-corrected chi connectivity index (χ3v) is 11.9. The summed E-state index contributed by atoms with van der Waals surface area (Å²) in [6.07, 6.45) is 9.31. The number of fused-ring (bicyclic) bond motifs is 9. The van der Waals surface area contributed by atoms with E-state index in [1.54, 1.807) is 12.4 Å². The number of aliphatic imine (C=N–C) groups is 1. The van der Waals surface area contributed by atoms with Crippen LogP contribution in [-0.2, 0) is 5.41 Å². The Balaban J connectivity index is 1.13. The van der Waals surface area contributed by atoms with Crippen LogP contribution >= 0.6 is 0 Å². The van der Waals surface area contributed by atoms with Gasteiger partial charge in [0.2, 0.25) is 0 Å². The molecule has 1 aliphatic heterocycles. The van der Waals surface area contributed by atoms with Gasteiger partial charge in [0.05, 0.1) is 16.8 Å². The Kier molecular flexibility index (Phi) is 9.28. The summed E-state index contributed by atoms with van der Waals surface area (Å²) in [5.74, 6) is 3.24. The molecule has 7 heteroatoms. The number of pyridine rings is 2. The molecule has 9 aromatic rings. The van der Waals surface area contributed by atoms with Gasteiger partial charge in [-0.25, -0.2) is 19.9 Å². The molecule has 1 spiro atoms. The molecule has 0 bridgehead atoms. The summed E-state index contributed by atoms with van der Waals surface area (Å²) in [5.41, 5.74) is 14.2. The van der Waals surface area contributed by atoms with Crippen molar-refractivity contribution in [3.63, 3.8) is 0 Å². The molecule has 2 aliphatic rings. The van der Waals surface area contributed by atoms with E-state index in [1.165, 1.54) is 22.3 Å². The molecule has 11 rings (SSSR count). The second kappa shape index (κ2) is 15.6. The van der Waals surface area contributed by atoms with Crippen molar-refractivity contribution in [1.29, 1.82) is 0 Å². The summed E-state index contributed by atoms with van der Waals surface area (Å²) in [5, 5.41) is 0. The number of ether oxygens (including phenoxy) is 1. The first-order valence-electron chi connectivity index (χ1n) is 20.9. The summed E-state index contributed by atoms with van der Waals surface area (Å²) in [4.78, 5) is 28.7. The highest BCUT2D eigenvalue weighted by Gasteiger charge is 2.51. The Bertz CT molecular complexity index is 3190. The molecule has 3 aromatic heterocycles. The highest BCUT2D eigenvalue weighted by atomic mass is 16.5. The quantitative estimate of drug-likeness (QED) is 0.112. The van der Waals surface area contributed by atoms with Crippen molar-refractivity contribution in [2.75, 3.05) is 0 Å². The molecule has 0 amide bonds. The van der Waals surface area contributed by atoms with E-state index in [1.807, 2.05) is 98.1 Å². The molecule has 0 saturated carbocycles. The van der Waals surface area contributed by atoms with E-state index in [9.17, 15) is 0 Å². The fourth-order valence-electron chi connectivity index (χ4n) is 9.15. The van der Waals surface area contributed by atoms with Crippen LogP contribution in [0, 0.1) is 0 Å². The normalized spacial score (nSPS) is 13.2. The van der Waals surface area contributed by atoms with E-state index in [-0.39, 0.29) is 0 Å². The first-order valence-corrected chi connectivity index (χ1v) is 20.9. The number of hydrogen-bond donors (Lipinski definition) is 0. The Hall–Kier alpha value is -8.42. The van der Waals surface area contributed by atoms with Crippen molar-refractivity contribution < 1.29 is 4.74 Å². The van der Waals surface area contributed by atoms with Crippen molar-refractivity contribution in [3.8, 4) is 79.2 Å². The predicted molar refractivity (Wildman–Crippen MR) is 252 cm³/mol. The zero-order valence-corrected chi connectivity index (χ0v) is 34.4. The van der Waals surface area contributed by atoms with Crippen LogP contribution < -0.4 is 4.74 Å². The van der Waals surface area contributed by atoms with E-state index in [4.69, 9.17) is 24.7 Å². The van der Waals surface area contributed by atoms with Crippen LogP contribution in [-0.4, -0.2) is 31.6 Å². The molecular formula is C56H38N6O. The minimum absolute atomic E-state index is 0.557. The Labute approximate surface area is 365 Å². The lowest BCUT2D eigenvalue weighted by Crippen LogP contribution is -2.32. The van der Waals surface area contributed by atoms with Crippen LogP contribution in [0.4, 0.5) is 0 Å². The number of aromatic nitrogens is 5. The van der Waals surface area contributed by atoms with E-state index in [0.717, 1.165) is 73.0 Å². The van der Waals surface area contributed by atoms with Crippen molar-refractivity contribution in [2.24, 2.45) is 4.99 Å². The zero-order valence-electron chi connectivity index (χ0n) is 34.4. The van der Waals surface area contributed by atoms with Crippen LogP contribution in [0.25, 0.3) is 73.2 Å². The van der Waals surface area contributed by atoms with Gasteiger partial charge in [0.15, 0.2) is 17.5 Å². The number of rotatable bonds is 8. The standard InChI is InChI=1S/C56H38N6O/c1-3-15-40(34-57-2)49-30-42(31-50(59-49)41-20-14-29-58-35-41)38-25-27-47-51(32-38)63-52-33-39(26-28-48(52)56(47)45-23-12-10-21-43(45)44-22-11-13-24-46(44)56)55-61-53(36-16-6-4-7-17-36)60-54(62-55)37-18-8-5-9-19-37/h3-35H,2H2,1H3/b15-3-,40-34+. The van der Waals surface area contributed by atoms with E-state index < -0.39 is 5.41 Å². The minimum atomic E-state index is -0.668. The number of benzene rings is 6. The Morgan fingerprint density at radius 3 is 1.67 bits per heavy atom. The van der Waals surface area contributed by atoms with E-state index in [0.29, 0.717) is 17.5 Å². The molecule has 63 heavy (non-hydrogen) atoms. The maximum absolute atomic E-state index is 7.18. The Morgan fingerprint density at radius 2 is 1.08 bits per heavy atom. The lowest BCUT2D eigenvalue weighted by molar-refractivity contribution is 0.437. The maximum Gasteiger partial charge on any atom is 0.164 e. The van der Waals surface area contributed by atoms with Crippen LogP contribution in [0.2, 0.25) is 0 Å². The fourth-order valence-corrected chi connectivity index (χ4v) is 9.15. The predicted octanol–water partition coefficient (Wildman–Crippen LogP) is 13.1. The molecule has 1 aliphatic carbocycles. The maximum atomic E-state index is 7.18. The fraction of sp³-hybridized carbons (Fsp3) is 0.0357. The monoisotopic (exact) mass is 810 g/mol. The third kappa shape index (κ3) is 6.37. The Morgan fingerprint density at radius 1 is 0.524 bits per heavy atom. The van der Waals surface area contributed by atoms with Crippen molar-refractivity contribution in [2.45, 2.75) is 12.3 Å². The van der Waals surface area contributed by atoms with Crippen molar-refractivity contribution in [1.82, 2.24) is 24.9 Å². The van der Waals surface area contributed by atoms with Gasteiger partial charge < -0.3 is 4.74 Å². The van der Waals surface area contributed by atoms with Gasteiger partial charge in [-0.15, -0.1) is 0 Å². The summed E-state index contributed by atoms with van der Waals surface area (Å²) in [6, 6.07) is 58.8. The molecule has 298 valence electrons. The molecular weight excluding hydrogens is 773 g/mol. The number of hydrogen-bond acceptors (Lipinski definition) is 7. The van der Waals surface area contributed by atoms with Gasteiger partial charge in [0.25, 0.3) is 0 Å². The second-order valence-corrected chi connectivity index (χ2v) is 15.5. The third-order valence-electron chi connectivity index (χ3n) is 11.9. The van der Waals surface area contributed by atoms with Crippen LogP contribution in [0.1, 0.15) is 34.9 Å². The number of allylic oxidation sites excluding steroid dienone is 3. The van der Waals surface area contributed by atoms with Gasteiger partial charge in [0.1, 0.15) is 11.5 Å². The SMILES string of the molecule is C=N/C=C(\C=C/C)c1cc(-c2ccc3c(c2)Oc2cc(-c4nc(-c5ccccc5)nc(-c5ccccc5)n4)ccc2C32c3ccccc3-c3ccccc32)cc(-c2cccnc2)n1. The molecule has 7 nitrogen and oxygen atoms in total. The largest absolute Gasteiger partial charge is 0.457 e.